The van der Waals surface area contributed by atoms with Crippen molar-refractivity contribution in [3.05, 3.63) is 29.0 Å². The van der Waals surface area contributed by atoms with E-state index in [-0.39, 0.29) is 5.91 Å². The van der Waals surface area contributed by atoms with Crippen LogP contribution in [0, 0.1) is 11.3 Å². The molecule has 94 valence electrons. The van der Waals surface area contributed by atoms with Crippen molar-refractivity contribution in [2.45, 2.75) is 37.6 Å². The monoisotopic (exact) mass is 263 g/mol. The molecule has 1 aliphatic carbocycles. The normalized spacial score (nSPS) is 17.8. The van der Waals surface area contributed by atoms with Gasteiger partial charge in [0.15, 0.2) is 0 Å². The summed E-state index contributed by atoms with van der Waals surface area (Å²) in [5.41, 5.74) is -0.367. The van der Waals surface area contributed by atoms with Gasteiger partial charge in [0.05, 0.1) is 16.7 Å². The van der Waals surface area contributed by atoms with E-state index in [1.165, 1.54) is 12.4 Å². The van der Waals surface area contributed by atoms with Gasteiger partial charge in [-0.05, 0) is 18.9 Å². The minimum Gasteiger partial charge on any atom is -0.334 e. The summed E-state index contributed by atoms with van der Waals surface area (Å²) >= 11 is 5.92. The number of amides is 1. The molecule has 1 fully saturated rings. The van der Waals surface area contributed by atoms with Gasteiger partial charge in [0.25, 0.3) is 5.91 Å². The van der Waals surface area contributed by atoms with Crippen LogP contribution in [-0.2, 0) is 0 Å². The first kappa shape index (κ1) is 12.8. The summed E-state index contributed by atoms with van der Waals surface area (Å²) in [5.74, 6) is -0.300. The highest BCUT2D eigenvalue weighted by atomic mass is 35.5. The molecule has 0 radical (unpaired) electrons. The third kappa shape index (κ3) is 2.62. The first-order chi connectivity index (χ1) is 8.67. The highest BCUT2D eigenvalue weighted by Gasteiger charge is 2.34. The summed E-state index contributed by atoms with van der Waals surface area (Å²) < 4.78 is 0. The Morgan fingerprint density at radius 1 is 1.44 bits per heavy atom. The molecule has 0 aromatic carbocycles. The third-order valence-corrected chi connectivity index (χ3v) is 3.59. The zero-order valence-electron chi connectivity index (χ0n) is 9.95. The van der Waals surface area contributed by atoms with Crippen molar-refractivity contribution in [1.82, 2.24) is 10.3 Å². The topological polar surface area (TPSA) is 65.8 Å². The van der Waals surface area contributed by atoms with Gasteiger partial charge in [-0.15, -0.1) is 0 Å². The smallest absolute Gasteiger partial charge is 0.254 e. The van der Waals surface area contributed by atoms with Crippen LogP contribution in [0.1, 0.15) is 42.5 Å². The average molecular weight is 264 g/mol. The van der Waals surface area contributed by atoms with Gasteiger partial charge in [-0.3, -0.25) is 9.78 Å². The van der Waals surface area contributed by atoms with Crippen LogP contribution in [0.25, 0.3) is 0 Å². The summed E-state index contributed by atoms with van der Waals surface area (Å²) in [6.45, 7) is 0. The summed E-state index contributed by atoms with van der Waals surface area (Å²) in [6.07, 6.45) is 7.41. The molecular formula is C13H14ClN3O. The predicted molar refractivity (Wildman–Crippen MR) is 68.1 cm³/mol. The number of aromatic nitrogens is 1. The molecule has 1 N–H and O–H groups in total. The lowest BCUT2D eigenvalue weighted by molar-refractivity contribution is 0.0903. The highest BCUT2D eigenvalue weighted by molar-refractivity contribution is 6.33. The maximum Gasteiger partial charge on any atom is 0.254 e. The van der Waals surface area contributed by atoms with Gasteiger partial charge in [-0.1, -0.05) is 30.9 Å². The SMILES string of the molecule is N#CC1(NC(=O)c2ccncc2Cl)CCCCC1. The second-order valence-corrected chi connectivity index (χ2v) is 4.97. The van der Waals surface area contributed by atoms with E-state index in [2.05, 4.69) is 16.4 Å². The van der Waals surface area contributed by atoms with Crippen molar-refractivity contribution in [2.75, 3.05) is 0 Å². The summed E-state index contributed by atoms with van der Waals surface area (Å²) in [4.78, 5) is 16.0. The Labute approximate surface area is 111 Å². The van der Waals surface area contributed by atoms with E-state index in [1.54, 1.807) is 6.07 Å². The molecule has 0 unspecified atom stereocenters. The van der Waals surface area contributed by atoms with Crippen LogP contribution >= 0.6 is 11.6 Å². The van der Waals surface area contributed by atoms with E-state index in [0.717, 1.165) is 19.3 Å². The number of hydrogen-bond donors (Lipinski definition) is 1. The second kappa shape index (κ2) is 5.36. The van der Waals surface area contributed by atoms with Crippen LogP contribution in [0.2, 0.25) is 5.02 Å². The van der Waals surface area contributed by atoms with Crippen LogP contribution in [0.5, 0.6) is 0 Å². The molecule has 0 spiro atoms. The predicted octanol–water partition coefficient (Wildman–Crippen LogP) is 2.69. The highest BCUT2D eigenvalue weighted by Crippen LogP contribution is 2.28. The quantitative estimate of drug-likeness (QED) is 0.892. The lowest BCUT2D eigenvalue weighted by Crippen LogP contribution is -2.48. The zero-order chi connectivity index (χ0) is 13.0. The molecule has 1 aromatic rings. The van der Waals surface area contributed by atoms with Crippen molar-refractivity contribution < 1.29 is 4.79 Å². The maximum atomic E-state index is 12.1. The van der Waals surface area contributed by atoms with E-state index in [9.17, 15) is 10.1 Å². The van der Waals surface area contributed by atoms with Gasteiger partial charge in [0.2, 0.25) is 0 Å². The Morgan fingerprint density at radius 3 is 2.78 bits per heavy atom. The number of nitriles is 1. The molecule has 5 heteroatoms. The second-order valence-electron chi connectivity index (χ2n) is 4.56. The number of carbonyl (C=O) groups excluding carboxylic acids is 1. The molecule has 1 aliphatic rings. The molecule has 0 aliphatic heterocycles. The Balaban J connectivity index is 2.16. The number of nitrogens with one attached hydrogen (secondary N) is 1. The van der Waals surface area contributed by atoms with Gasteiger partial charge in [0.1, 0.15) is 5.54 Å². The van der Waals surface area contributed by atoms with Crippen molar-refractivity contribution in [3.63, 3.8) is 0 Å². The van der Waals surface area contributed by atoms with Gasteiger partial charge in [0, 0.05) is 12.4 Å². The van der Waals surface area contributed by atoms with E-state index >= 15 is 0 Å². The van der Waals surface area contributed by atoms with E-state index in [0.29, 0.717) is 23.4 Å². The lowest BCUT2D eigenvalue weighted by Gasteiger charge is -2.31. The average Bonchev–Trinajstić information content (AvgIpc) is 2.40. The fourth-order valence-electron chi connectivity index (χ4n) is 2.26. The molecule has 1 saturated carbocycles. The van der Waals surface area contributed by atoms with Crippen molar-refractivity contribution in [2.24, 2.45) is 0 Å². The molecule has 1 aromatic heterocycles. The van der Waals surface area contributed by atoms with Crippen molar-refractivity contribution in [1.29, 1.82) is 5.26 Å². The van der Waals surface area contributed by atoms with Gasteiger partial charge in [-0.2, -0.15) is 5.26 Å². The molecule has 1 amide bonds. The number of hydrogen-bond acceptors (Lipinski definition) is 3. The molecule has 0 saturated heterocycles. The minimum atomic E-state index is -0.734. The van der Waals surface area contributed by atoms with Crippen molar-refractivity contribution >= 4 is 17.5 Å². The van der Waals surface area contributed by atoms with Gasteiger partial charge < -0.3 is 5.32 Å². The number of pyridine rings is 1. The molecule has 1 heterocycles. The van der Waals surface area contributed by atoms with E-state index in [1.807, 2.05) is 0 Å². The number of rotatable bonds is 2. The van der Waals surface area contributed by atoms with Crippen LogP contribution in [-0.4, -0.2) is 16.4 Å². The first-order valence-electron chi connectivity index (χ1n) is 6.00. The molecule has 2 rings (SSSR count). The van der Waals surface area contributed by atoms with E-state index < -0.39 is 5.54 Å². The summed E-state index contributed by atoms with van der Waals surface area (Å²) in [6, 6.07) is 3.81. The van der Waals surface area contributed by atoms with Crippen LogP contribution in [0.4, 0.5) is 0 Å². The number of halogens is 1. The van der Waals surface area contributed by atoms with Crippen LogP contribution in [0.3, 0.4) is 0 Å². The summed E-state index contributed by atoms with van der Waals surface area (Å²) in [7, 11) is 0. The summed E-state index contributed by atoms with van der Waals surface area (Å²) in [5, 5.41) is 12.4. The standard InChI is InChI=1S/C13H14ClN3O/c14-11-8-16-7-4-10(11)12(18)17-13(9-15)5-2-1-3-6-13/h4,7-8H,1-3,5-6H2,(H,17,18). The maximum absolute atomic E-state index is 12.1. The minimum absolute atomic E-state index is 0.300. The molecule has 0 atom stereocenters. The lowest BCUT2D eigenvalue weighted by atomic mass is 9.82. The van der Waals surface area contributed by atoms with Crippen molar-refractivity contribution in [3.8, 4) is 6.07 Å². The fraction of sp³-hybridized carbons (Fsp3) is 0.462. The van der Waals surface area contributed by atoms with Crippen LogP contribution in [0.15, 0.2) is 18.5 Å². The number of nitrogens with zero attached hydrogens (tertiary/aromatic N) is 2. The molecule has 18 heavy (non-hydrogen) atoms. The molecular weight excluding hydrogens is 250 g/mol. The zero-order valence-corrected chi connectivity index (χ0v) is 10.7. The Bertz CT molecular complexity index is 489. The molecule has 0 bridgehead atoms. The Kier molecular flexibility index (Phi) is 3.83. The Hall–Kier alpha value is -1.60. The molecule has 4 nitrogen and oxygen atoms in total. The van der Waals surface area contributed by atoms with Gasteiger partial charge >= 0.3 is 0 Å². The van der Waals surface area contributed by atoms with Crippen LogP contribution < -0.4 is 5.32 Å². The third-order valence-electron chi connectivity index (χ3n) is 3.29. The largest absolute Gasteiger partial charge is 0.334 e. The Morgan fingerprint density at radius 2 is 2.17 bits per heavy atom. The first-order valence-corrected chi connectivity index (χ1v) is 6.38. The van der Waals surface area contributed by atoms with Gasteiger partial charge in [-0.25, -0.2) is 0 Å². The fourth-order valence-corrected chi connectivity index (χ4v) is 2.47. The number of carbonyl (C=O) groups is 1. The van der Waals surface area contributed by atoms with E-state index in [4.69, 9.17) is 11.6 Å².